The molecule has 0 aliphatic heterocycles. The van der Waals surface area contributed by atoms with Crippen LogP contribution in [0.25, 0.3) is 11.2 Å². The summed E-state index contributed by atoms with van der Waals surface area (Å²) in [5.41, 5.74) is 14.5. The maximum absolute atomic E-state index is 8.88. The summed E-state index contributed by atoms with van der Waals surface area (Å²) >= 11 is 0. The Morgan fingerprint density at radius 2 is 1.36 bits per heavy atom. The van der Waals surface area contributed by atoms with Crippen molar-refractivity contribution < 1.29 is 19.2 Å². The van der Waals surface area contributed by atoms with Gasteiger partial charge in [-0.05, 0) is 18.8 Å². The van der Waals surface area contributed by atoms with Gasteiger partial charge in [0, 0.05) is 5.92 Å². The van der Waals surface area contributed by atoms with Gasteiger partial charge in [0.2, 0.25) is 5.95 Å². The van der Waals surface area contributed by atoms with Crippen molar-refractivity contribution in [1.82, 2.24) is 19.9 Å². The lowest BCUT2D eigenvalue weighted by atomic mass is 9.95. The molecule has 0 bridgehead atoms. The first-order valence-electron chi connectivity index (χ1n) is 7.86. The van der Waals surface area contributed by atoms with Gasteiger partial charge in [-0.3, -0.25) is 0 Å². The first kappa shape index (κ1) is 21.2. The average molecular weight is 372 g/mol. The molecule has 11 heteroatoms. The molecule has 0 radical (unpaired) electrons. The van der Waals surface area contributed by atoms with Crippen molar-refractivity contribution >= 4 is 30.8 Å². The second kappa shape index (κ2) is 8.48. The van der Waals surface area contributed by atoms with Gasteiger partial charge in [-0.1, -0.05) is 27.7 Å². The quantitative estimate of drug-likeness (QED) is 0.495. The molecule has 2 heterocycles. The lowest BCUT2D eigenvalue weighted by Gasteiger charge is -2.18. The van der Waals surface area contributed by atoms with Crippen LogP contribution in [0, 0.1) is 0 Å². The number of hydrogen-bond acceptors (Lipinski definition) is 7. The van der Waals surface area contributed by atoms with Crippen LogP contribution in [0.3, 0.4) is 0 Å². The summed E-state index contributed by atoms with van der Waals surface area (Å²) in [4.78, 5) is 39.0. The summed E-state index contributed by atoms with van der Waals surface area (Å²) in [6, 6.07) is 0. The third kappa shape index (κ3) is 6.17. The Bertz CT molecular complexity index is 773. The van der Waals surface area contributed by atoms with Gasteiger partial charge in [0.15, 0.2) is 17.0 Å². The second-order valence-electron chi connectivity index (χ2n) is 5.77. The van der Waals surface area contributed by atoms with Crippen molar-refractivity contribution in [3.63, 3.8) is 0 Å². The number of phosphoric acid groups is 1. The Labute approximate surface area is 146 Å². The standard InChI is InChI=1S/C14H22N6.H3O4P/c1-5-7(3)9-10(8(4)6-2)18-13-11(17-9)12(15)19-14(16)20-13;1-5(2,3)4/h7-8H,5-6H2,1-4H3,(H4,15,16,18,19,20);(H3,1,2,3,4). The molecule has 10 nitrogen and oxygen atoms in total. The van der Waals surface area contributed by atoms with E-state index in [2.05, 4.69) is 47.6 Å². The van der Waals surface area contributed by atoms with Crippen LogP contribution in [0.5, 0.6) is 0 Å². The van der Waals surface area contributed by atoms with Crippen LogP contribution in [0.4, 0.5) is 11.8 Å². The Balaban J connectivity index is 0.000000550. The molecule has 0 fully saturated rings. The molecule has 0 aliphatic rings. The van der Waals surface area contributed by atoms with E-state index < -0.39 is 7.82 Å². The van der Waals surface area contributed by atoms with E-state index >= 15 is 0 Å². The molecular formula is C14H25N6O4P. The monoisotopic (exact) mass is 372 g/mol. The highest BCUT2D eigenvalue weighted by atomic mass is 31.2. The smallest absolute Gasteiger partial charge is 0.382 e. The summed E-state index contributed by atoms with van der Waals surface area (Å²) in [6.07, 6.45) is 2.00. The maximum Gasteiger partial charge on any atom is 0.466 e. The second-order valence-corrected chi connectivity index (χ2v) is 6.79. The van der Waals surface area contributed by atoms with Gasteiger partial charge in [-0.25, -0.2) is 14.5 Å². The third-order valence-corrected chi connectivity index (χ3v) is 3.79. The number of nitrogen functional groups attached to an aromatic ring is 2. The molecule has 0 amide bonds. The minimum atomic E-state index is -4.64. The van der Waals surface area contributed by atoms with Crippen LogP contribution in [0.1, 0.15) is 63.8 Å². The zero-order valence-corrected chi connectivity index (χ0v) is 15.6. The van der Waals surface area contributed by atoms with E-state index in [1.165, 1.54) is 0 Å². The Morgan fingerprint density at radius 1 is 0.920 bits per heavy atom. The highest BCUT2D eigenvalue weighted by Gasteiger charge is 2.20. The molecule has 0 saturated heterocycles. The number of anilines is 2. The van der Waals surface area contributed by atoms with E-state index in [1.807, 2.05) is 0 Å². The van der Waals surface area contributed by atoms with Gasteiger partial charge in [-0.2, -0.15) is 9.97 Å². The number of rotatable bonds is 4. The van der Waals surface area contributed by atoms with E-state index in [0.717, 1.165) is 24.2 Å². The van der Waals surface area contributed by atoms with Crippen LogP contribution in [0.15, 0.2) is 0 Å². The Kier molecular flexibility index (Phi) is 7.18. The fourth-order valence-corrected chi connectivity index (χ4v) is 2.12. The number of nitrogens with two attached hydrogens (primary N) is 2. The van der Waals surface area contributed by atoms with Crippen molar-refractivity contribution in [3.05, 3.63) is 11.4 Å². The van der Waals surface area contributed by atoms with E-state index in [1.54, 1.807) is 0 Å². The molecule has 2 aromatic heterocycles. The van der Waals surface area contributed by atoms with Gasteiger partial charge in [0.25, 0.3) is 0 Å². The molecule has 0 spiro atoms. The zero-order valence-electron chi connectivity index (χ0n) is 14.7. The summed E-state index contributed by atoms with van der Waals surface area (Å²) in [5, 5.41) is 0. The van der Waals surface area contributed by atoms with Crippen molar-refractivity contribution in [1.29, 1.82) is 0 Å². The van der Waals surface area contributed by atoms with Crippen molar-refractivity contribution in [2.24, 2.45) is 0 Å². The highest BCUT2D eigenvalue weighted by Crippen LogP contribution is 2.29. The number of aromatic nitrogens is 4. The lowest BCUT2D eigenvalue weighted by molar-refractivity contribution is 0.275. The van der Waals surface area contributed by atoms with E-state index in [9.17, 15) is 0 Å². The van der Waals surface area contributed by atoms with Crippen molar-refractivity contribution in [3.8, 4) is 0 Å². The normalized spacial score (nSPS) is 13.9. The van der Waals surface area contributed by atoms with Crippen LogP contribution >= 0.6 is 7.82 Å². The van der Waals surface area contributed by atoms with Gasteiger partial charge in [-0.15, -0.1) is 0 Å². The maximum atomic E-state index is 8.88. The fourth-order valence-electron chi connectivity index (χ4n) is 2.12. The van der Waals surface area contributed by atoms with Crippen molar-refractivity contribution in [2.45, 2.75) is 52.4 Å². The molecule has 0 aliphatic carbocycles. The predicted octanol–water partition coefficient (Wildman–Crippen LogP) is 1.68. The first-order valence-corrected chi connectivity index (χ1v) is 9.43. The summed E-state index contributed by atoms with van der Waals surface area (Å²) in [7, 11) is -4.64. The molecule has 0 aromatic carbocycles. The van der Waals surface area contributed by atoms with Gasteiger partial charge in [0.05, 0.1) is 11.4 Å². The molecule has 0 saturated carbocycles. The summed E-state index contributed by atoms with van der Waals surface area (Å²) in [6.45, 7) is 8.57. The Morgan fingerprint density at radius 3 is 1.80 bits per heavy atom. The highest BCUT2D eigenvalue weighted by molar-refractivity contribution is 7.45. The molecule has 7 N–H and O–H groups in total. The molecule has 25 heavy (non-hydrogen) atoms. The van der Waals surface area contributed by atoms with Gasteiger partial charge >= 0.3 is 7.82 Å². The summed E-state index contributed by atoms with van der Waals surface area (Å²) in [5.74, 6) is 1.08. The molecule has 2 unspecified atom stereocenters. The summed E-state index contributed by atoms with van der Waals surface area (Å²) < 4.78 is 8.88. The minimum absolute atomic E-state index is 0.135. The van der Waals surface area contributed by atoms with Gasteiger partial charge < -0.3 is 26.1 Å². The molecule has 2 atom stereocenters. The number of fused-ring (bicyclic) bond motifs is 1. The van der Waals surface area contributed by atoms with E-state index in [-0.39, 0.29) is 5.95 Å². The lowest BCUT2D eigenvalue weighted by Crippen LogP contribution is -2.11. The SMILES string of the molecule is CCC(C)c1nc2nc(N)nc(N)c2nc1C(C)CC.O=P(O)(O)O. The fraction of sp³-hybridized carbons (Fsp3) is 0.571. The van der Waals surface area contributed by atoms with Crippen LogP contribution < -0.4 is 11.5 Å². The first-order chi connectivity index (χ1) is 11.5. The van der Waals surface area contributed by atoms with E-state index in [0.29, 0.717) is 28.8 Å². The Hall–Kier alpha value is -1.87. The van der Waals surface area contributed by atoms with Gasteiger partial charge in [0.1, 0.15) is 0 Å². The third-order valence-electron chi connectivity index (χ3n) is 3.79. The largest absolute Gasteiger partial charge is 0.466 e. The topological polar surface area (TPSA) is 181 Å². The predicted molar refractivity (Wildman–Crippen MR) is 95.6 cm³/mol. The molecule has 140 valence electrons. The molecule has 2 rings (SSSR count). The average Bonchev–Trinajstić information content (AvgIpc) is 2.50. The van der Waals surface area contributed by atoms with E-state index in [4.69, 9.17) is 30.7 Å². The molecular weight excluding hydrogens is 347 g/mol. The number of hydrogen-bond donors (Lipinski definition) is 5. The van der Waals surface area contributed by atoms with Crippen LogP contribution in [-0.2, 0) is 4.57 Å². The minimum Gasteiger partial charge on any atom is -0.382 e. The number of nitrogens with zero attached hydrogens (tertiary/aromatic N) is 4. The van der Waals surface area contributed by atoms with Crippen LogP contribution in [0.2, 0.25) is 0 Å². The molecule has 2 aromatic rings. The zero-order chi connectivity index (χ0) is 19.4. The van der Waals surface area contributed by atoms with Crippen molar-refractivity contribution in [2.75, 3.05) is 11.5 Å². The van der Waals surface area contributed by atoms with Crippen LogP contribution in [-0.4, -0.2) is 34.6 Å².